The number of pyridine rings is 2. The molecule has 0 spiro atoms. The van der Waals surface area contributed by atoms with E-state index >= 15 is 0 Å². The second kappa shape index (κ2) is 6.15. The Morgan fingerprint density at radius 3 is 3.00 bits per heavy atom. The Morgan fingerprint density at radius 1 is 1.35 bits per heavy atom. The number of hydrogen-bond acceptors (Lipinski definition) is 4. The van der Waals surface area contributed by atoms with Crippen LogP contribution in [0.25, 0.3) is 21.8 Å². The lowest BCUT2D eigenvalue weighted by Crippen LogP contribution is -2.38. The van der Waals surface area contributed by atoms with Gasteiger partial charge in [0.05, 0.1) is 17.8 Å². The van der Waals surface area contributed by atoms with Crippen LogP contribution in [0.5, 0.6) is 0 Å². The van der Waals surface area contributed by atoms with Crippen molar-refractivity contribution in [2.24, 2.45) is 5.92 Å². The first-order valence-corrected chi connectivity index (χ1v) is 8.21. The molecule has 1 saturated heterocycles. The lowest BCUT2D eigenvalue weighted by atomic mass is 10.1. The number of halogens is 3. The van der Waals surface area contributed by atoms with Crippen molar-refractivity contribution in [2.75, 3.05) is 24.5 Å². The van der Waals surface area contributed by atoms with Gasteiger partial charge in [-0.05, 0) is 12.5 Å². The summed E-state index contributed by atoms with van der Waals surface area (Å²) < 4.78 is 36.9. The molecule has 1 aliphatic rings. The minimum Gasteiger partial charge on any atom is -0.369 e. The smallest absolute Gasteiger partial charge is 0.369 e. The predicted molar refractivity (Wildman–Crippen MR) is 90.8 cm³/mol. The van der Waals surface area contributed by atoms with Crippen LogP contribution < -0.4 is 10.2 Å². The van der Waals surface area contributed by atoms with Crippen molar-refractivity contribution in [1.82, 2.24) is 20.3 Å². The Hall–Kier alpha value is -2.84. The molecule has 0 radical (unpaired) electrons. The first-order chi connectivity index (χ1) is 12.4. The molecule has 1 amide bonds. The summed E-state index contributed by atoms with van der Waals surface area (Å²) in [6.07, 6.45) is 3.08. The summed E-state index contributed by atoms with van der Waals surface area (Å²) in [6.45, 7) is -0.355. The van der Waals surface area contributed by atoms with Gasteiger partial charge in [-0.1, -0.05) is 0 Å². The quantitative estimate of drug-likeness (QED) is 0.750. The lowest BCUT2D eigenvalue weighted by Gasteiger charge is -2.20. The van der Waals surface area contributed by atoms with Gasteiger partial charge in [0, 0.05) is 47.8 Å². The first kappa shape index (κ1) is 16.6. The molecule has 0 aliphatic carbocycles. The summed E-state index contributed by atoms with van der Waals surface area (Å²) in [5, 5.41) is 4.78. The maximum Gasteiger partial charge on any atom is 0.405 e. The fraction of sp³-hybridized carbons (Fsp3) is 0.353. The van der Waals surface area contributed by atoms with Crippen LogP contribution in [0.1, 0.15) is 6.42 Å². The fourth-order valence-corrected chi connectivity index (χ4v) is 3.42. The Morgan fingerprint density at radius 2 is 2.19 bits per heavy atom. The molecular weight excluding hydrogens is 347 g/mol. The van der Waals surface area contributed by atoms with Gasteiger partial charge in [0.2, 0.25) is 5.91 Å². The van der Waals surface area contributed by atoms with Crippen molar-refractivity contribution in [2.45, 2.75) is 12.6 Å². The van der Waals surface area contributed by atoms with E-state index in [0.29, 0.717) is 19.5 Å². The third-order valence-electron chi connectivity index (χ3n) is 4.65. The zero-order valence-electron chi connectivity index (χ0n) is 13.7. The summed E-state index contributed by atoms with van der Waals surface area (Å²) in [4.78, 5) is 25.7. The summed E-state index contributed by atoms with van der Waals surface area (Å²) in [5.74, 6) is -1.04. The Bertz CT molecular complexity index is 968. The number of nitrogens with one attached hydrogen (secondary N) is 2. The van der Waals surface area contributed by atoms with Gasteiger partial charge in [-0.2, -0.15) is 13.2 Å². The first-order valence-electron chi connectivity index (χ1n) is 8.21. The molecule has 3 aromatic rings. The van der Waals surface area contributed by atoms with Crippen molar-refractivity contribution in [3.05, 3.63) is 30.9 Å². The van der Waals surface area contributed by atoms with E-state index < -0.39 is 24.5 Å². The third kappa shape index (κ3) is 3.04. The number of anilines is 1. The van der Waals surface area contributed by atoms with Crippen molar-refractivity contribution in [3.63, 3.8) is 0 Å². The standard InChI is InChI=1S/C17H16F3N5O/c18-17(19,20)9-24-16(26)10-2-4-25(8-10)13-7-21-5-11-6-23-15-12(14(11)13)1-3-22-15/h1,3,5-7,10H,2,4,8-9H2,(H,22,23)(H,24,26). The predicted octanol–water partition coefficient (Wildman–Crippen LogP) is 2.62. The number of amides is 1. The molecular formula is C17H16F3N5O. The van der Waals surface area contributed by atoms with Gasteiger partial charge in [-0.25, -0.2) is 4.98 Å². The molecule has 9 heteroatoms. The largest absolute Gasteiger partial charge is 0.405 e. The molecule has 1 atom stereocenters. The number of alkyl halides is 3. The molecule has 0 bridgehead atoms. The van der Waals surface area contributed by atoms with Crippen LogP contribution in [0, 0.1) is 5.92 Å². The SMILES string of the molecule is O=C(NCC(F)(F)F)C1CCN(c2cncc3cnc4[nH]ccc4c23)C1. The van der Waals surface area contributed by atoms with E-state index in [1.807, 2.05) is 16.3 Å². The molecule has 0 aromatic carbocycles. The number of fused-ring (bicyclic) bond motifs is 3. The molecule has 1 unspecified atom stereocenters. The molecule has 136 valence electrons. The van der Waals surface area contributed by atoms with Crippen LogP contribution in [-0.4, -0.2) is 46.7 Å². The molecule has 4 rings (SSSR count). The maximum atomic E-state index is 12.3. The summed E-state index contributed by atoms with van der Waals surface area (Å²) in [5.41, 5.74) is 1.62. The minimum atomic E-state index is -4.40. The highest BCUT2D eigenvalue weighted by molar-refractivity contribution is 6.11. The van der Waals surface area contributed by atoms with E-state index in [-0.39, 0.29) is 0 Å². The van der Waals surface area contributed by atoms with E-state index in [1.165, 1.54) is 0 Å². The van der Waals surface area contributed by atoms with Gasteiger partial charge in [0.1, 0.15) is 12.2 Å². The van der Waals surface area contributed by atoms with Gasteiger partial charge in [-0.3, -0.25) is 9.78 Å². The third-order valence-corrected chi connectivity index (χ3v) is 4.65. The molecule has 3 aromatic heterocycles. The normalized spacial score (nSPS) is 18.0. The van der Waals surface area contributed by atoms with E-state index in [1.54, 1.807) is 24.8 Å². The number of rotatable bonds is 3. The van der Waals surface area contributed by atoms with Crippen LogP contribution in [0.2, 0.25) is 0 Å². The zero-order valence-corrected chi connectivity index (χ0v) is 13.7. The molecule has 2 N–H and O–H groups in total. The topological polar surface area (TPSA) is 73.9 Å². The van der Waals surface area contributed by atoms with Crippen LogP contribution in [0.4, 0.5) is 18.9 Å². The molecule has 1 aliphatic heterocycles. The Balaban J connectivity index is 1.59. The van der Waals surface area contributed by atoms with Crippen molar-refractivity contribution >= 4 is 33.4 Å². The molecule has 0 saturated carbocycles. The monoisotopic (exact) mass is 363 g/mol. The number of aromatic nitrogens is 3. The summed E-state index contributed by atoms with van der Waals surface area (Å²) in [6, 6.07) is 1.93. The number of carbonyl (C=O) groups excluding carboxylic acids is 1. The molecule has 4 heterocycles. The van der Waals surface area contributed by atoms with Gasteiger partial charge < -0.3 is 15.2 Å². The highest BCUT2D eigenvalue weighted by Crippen LogP contribution is 2.34. The van der Waals surface area contributed by atoms with Crippen molar-refractivity contribution in [1.29, 1.82) is 0 Å². The van der Waals surface area contributed by atoms with E-state index in [0.717, 1.165) is 27.5 Å². The zero-order chi connectivity index (χ0) is 18.3. The van der Waals surface area contributed by atoms with Gasteiger partial charge in [0.25, 0.3) is 0 Å². The molecule has 26 heavy (non-hydrogen) atoms. The van der Waals surface area contributed by atoms with Crippen molar-refractivity contribution < 1.29 is 18.0 Å². The van der Waals surface area contributed by atoms with Gasteiger partial charge >= 0.3 is 6.18 Å². The van der Waals surface area contributed by atoms with Crippen molar-refractivity contribution in [3.8, 4) is 0 Å². The van der Waals surface area contributed by atoms with E-state index in [4.69, 9.17) is 0 Å². The van der Waals surface area contributed by atoms with E-state index in [2.05, 4.69) is 15.0 Å². The summed E-state index contributed by atoms with van der Waals surface area (Å²) >= 11 is 0. The average molecular weight is 363 g/mol. The van der Waals surface area contributed by atoms with Crippen LogP contribution in [-0.2, 0) is 4.79 Å². The minimum absolute atomic E-state index is 0.360. The molecule has 1 fully saturated rings. The number of hydrogen-bond donors (Lipinski definition) is 2. The number of nitrogens with zero attached hydrogens (tertiary/aromatic N) is 3. The Labute approximate surface area is 146 Å². The highest BCUT2D eigenvalue weighted by Gasteiger charge is 2.33. The number of carbonyl (C=O) groups is 1. The number of aromatic amines is 1. The van der Waals surface area contributed by atoms with Crippen LogP contribution in [0.3, 0.4) is 0 Å². The van der Waals surface area contributed by atoms with Gasteiger partial charge in [-0.15, -0.1) is 0 Å². The average Bonchev–Trinajstić information content (AvgIpc) is 3.27. The summed E-state index contributed by atoms with van der Waals surface area (Å²) in [7, 11) is 0. The fourth-order valence-electron chi connectivity index (χ4n) is 3.42. The lowest BCUT2D eigenvalue weighted by molar-refractivity contribution is -0.140. The highest BCUT2D eigenvalue weighted by atomic mass is 19.4. The van der Waals surface area contributed by atoms with E-state index in [9.17, 15) is 18.0 Å². The second-order valence-electron chi connectivity index (χ2n) is 6.39. The van der Waals surface area contributed by atoms with Crippen LogP contribution in [0.15, 0.2) is 30.9 Å². The maximum absolute atomic E-state index is 12.3. The Kier molecular flexibility index (Phi) is 3.93. The number of H-pyrrole nitrogens is 1. The second-order valence-corrected chi connectivity index (χ2v) is 6.39. The van der Waals surface area contributed by atoms with Gasteiger partial charge in [0.15, 0.2) is 0 Å². The van der Waals surface area contributed by atoms with Crippen LogP contribution >= 0.6 is 0 Å². The molecule has 6 nitrogen and oxygen atoms in total.